The smallest absolute Gasteiger partial charge is 0.417 e. The summed E-state index contributed by atoms with van der Waals surface area (Å²) in [5.74, 6) is -8.73. The number of fused-ring (bicyclic) bond motifs is 4. The lowest BCUT2D eigenvalue weighted by molar-refractivity contribution is -0.141. The topological polar surface area (TPSA) is 166 Å². The van der Waals surface area contributed by atoms with Crippen molar-refractivity contribution >= 4 is 58.6 Å². The van der Waals surface area contributed by atoms with Crippen molar-refractivity contribution in [3.05, 3.63) is 129 Å². The zero-order valence-electron chi connectivity index (χ0n) is 32.8. The van der Waals surface area contributed by atoms with Crippen LogP contribution in [0, 0.1) is 23.7 Å². The van der Waals surface area contributed by atoms with E-state index in [0.29, 0.717) is 58.4 Å². The van der Waals surface area contributed by atoms with Crippen molar-refractivity contribution in [3.8, 4) is 11.5 Å². The van der Waals surface area contributed by atoms with Crippen molar-refractivity contribution in [2.75, 3.05) is 12.0 Å². The van der Waals surface area contributed by atoms with E-state index in [0.717, 1.165) is 5.56 Å². The third kappa shape index (κ3) is 7.54. The van der Waals surface area contributed by atoms with Crippen LogP contribution in [0.2, 0.25) is 10.0 Å². The summed E-state index contributed by atoms with van der Waals surface area (Å²) in [5, 5.41) is 21.5. The van der Waals surface area contributed by atoms with Gasteiger partial charge in [-0.3, -0.25) is 34.3 Å². The molecule has 12 nitrogen and oxygen atoms in total. The van der Waals surface area contributed by atoms with Gasteiger partial charge in [-0.2, -0.15) is 18.2 Å². The first kappa shape index (κ1) is 42.7. The maximum Gasteiger partial charge on any atom is 0.417 e. The molecule has 3 aromatic carbocycles. The number of benzene rings is 3. The van der Waals surface area contributed by atoms with E-state index in [1.54, 1.807) is 36.4 Å². The van der Waals surface area contributed by atoms with Gasteiger partial charge in [-0.1, -0.05) is 89.8 Å². The minimum Gasteiger partial charge on any atom is -0.508 e. The number of unbranched alkanes of at least 4 members (excludes halogenated alkanes) is 2. The number of phenolic OH excluding ortho intramolecular Hbond substituents is 1. The van der Waals surface area contributed by atoms with Crippen molar-refractivity contribution in [2.45, 2.75) is 62.6 Å². The summed E-state index contributed by atoms with van der Waals surface area (Å²) in [5.41, 5.74) is 1.54. The lowest BCUT2D eigenvalue weighted by Gasteiger charge is -2.50. The van der Waals surface area contributed by atoms with Gasteiger partial charge in [-0.05, 0) is 67.0 Å². The highest BCUT2D eigenvalue weighted by Gasteiger charge is 2.70. The monoisotopic (exact) mass is 890 g/mol. The molecule has 322 valence electrons. The van der Waals surface area contributed by atoms with E-state index in [-0.39, 0.29) is 49.6 Å². The van der Waals surface area contributed by atoms with Crippen molar-refractivity contribution in [3.63, 3.8) is 0 Å². The Hall–Kier alpha value is -5.93. The maximum absolute atomic E-state index is 15.5. The maximum atomic E-state index is 15.5. The van der Waals surface area contributed by atoms with Crippen LogP contribution in [-0.2, 0) is 42.2 Å². The van der Waals surface area contributed by atoms with Gasteiger partial charge in [-0.15, -0.1) is 0 Å². The largest absolute Gasteiger partial charge is 0.508 e. The van der Waals surface area contributed by atoms with Crippen LogP contribution in [-0.4, -0.2) is 61.2 Å². The average Bonchev–Trinajstić information content (AvgIpc) is 3.61. The Morgan fingerprint density at radius 1 is 0.919 bits per heavy atom. The number of imide groups is 2. The van der Waals surface area contributed by atoms with E-state index in [1.807, 2.05) is 36.4 Å². The quantitative estimate of drug-likeness (QED) is 0.0675. The summed E-state index contributed by atoms with van der Waals surface area (Å²) in [4.78, 5) is 74.8. The van der Waals surface area contributed by atoms with Crippen LogP contribution >= 0.6 is 23.2 Å². The van der Waals surface area contributed by atoms with Crippen molar-refractivity contribution in [2.24, 2.45) is 23.7 Å². The average molecular weight is 892 g/mol. The SMILES string of the molecule is O=C(O)CCCCCN1C(=O)C2CC=C3C(CC4C(=O)N(Nc5ncc(C(F)(F)F)cc5Cl)C(=O)C4(c4ccc(Cl)cc4)C3c3ccc(OCc4ccccc4)cc3O)C2C1=O. The molecule has 8 rings (SSSR count). The number of nitrogens with zero attached hydrogens (tertiary/aromatic N) is 3. The molecule has 62 heavy (non-hydrogen) atoms. The number of rotatable bonds is 13. The highest BCUT2D eigenvalue weighted by Crippen LogP contribution is 2.65. The van der Waals surface area contributed by atoms with E-state index >= 15 is 4.79 Å². The highest BCUT2D eigenvalue weighted by atomic mass is 35.5. The number of amides is 4. The number of carboxylic acid groups (broad SMARTS) is 1. The number of aromatic hydroxyl groups is 1. The number of pyridine rings is 1. The normalized spacial score (nSPS) is 24.4. The van der Waals surface area contributed by atoms with Crippen LogP contribution in [0.25, 0.3) is 0 Å². The van der Waals surface area contributed by atoms with Crippen LogP contribution in [0.4, 0.5) is 19.0 Å². The number of aliphatic carboxylic acids is 1. The van der Waals surface area contributed by atoms with Gasteiger partial charge in [0.2, 0.25) is 11.8 Å². The molecule has 1 aromatic heterocycles. The van der Waals surface area contributed by atoms with E-state index in [9.17, 15) is 37.5 Å². The number of ether oxygens (including phenoxy) is 1. The van der Waals surface area contributed by atoms with Gasteiger partial charge in [0.1, 0.15) is 18.1 Å². The predicted octanol–water partition coefficient (Wildman–Crippen LogP) is 8.32. The van der Waals surface area contributed by atoms with E-state index in [1.165, 1.54) is 11.0 Å². The third-order valence-corrected chi connectivity index (χ3v) is 13.0. The van der Waals surface area contributed by atoms with Crippen molar-refractivity contribution in [1.29, 1.82) is 0 Å². The van der Waals surface area contributed by atoms with Crippen LogP contribution in [0.3, 0.4) is 0 Å². The molecule has 2 aliphatic heterocycles. The molecule has 0 spiro atoms. The number of carbonyl (C=O) groups is 5. The van der Waals surface area contributed by atoms with Crippen LogP contribution < -0.4 is 10.2 Å². The number of carboxylic acids is 1. The number of hydrogen-bond donors (Lipinski definition) is 3. The Kier molecular flexibility index (Phi) is 11.5. The Morgan fingerprint density at radius 2 is 1.66 bits per heavy atom. The fourth-order valence-corrected chi connectivity index (χ4v) is 10.1. The fourth-order valence-electron chi connectivity index (χ4n) is 9.73. The molecule has 2 aliphatic carbocycles. The summed E-state index contributed by atoms with van der Waals surface area (Å²) < 4.78 is 46.7. The Balaban J connectivity index is 1.24. The molecule has 17 heteroatoms. The molecule has 4 aliphatic rings. The number of anilines is 1. The highest BCUT2D eigenvalue weighted by molar-refractivity contribution is 6.33. The molecule has 6 unspecified atom stereocenters. The first-order chi connectivity index (χ1) is 29.6. The number of alkyl halides is 3. The second-order valence-electron chi connectivity index (χ2n) is 15.9. The van der Waals surface area contributed by atoms with Gasteiger partial charge in [0, 0.05) is 41.7 Å². The summed E-state index contributed by atoms with van der Waals surface area (Å²) >= 11 is 12.6. The van der Waals surface area contributed by atoms with Crippen LogP contribution in [0.15, 0.2) is 96.7 Å². The number of hydrogen-bond acceptors (Lipinski definition) is 9. The molecule has 3 heterocycles. The minimum atomic E-state index is -4.78. The molecule has 0 radical (unpaired) electrons. The molecule has 1 saturated carbocycles. The number of phenols is 1. The van der Waals surface area contributed by atoms with Gasteiger partial charge in [0.25, 0.3) is 11.8 Å². The van der Waals surface area contributed by atoms with Crippen molar-refractivity contribution in [1.82, 2.24) is 14.9 Å². The summed E-state index contributed by atoms with van der Waals surface area (Å²) in [6.45, 7) is 0.256. The van der Waals surface area contributed by atoms with Crippen LogP contribution in [0.1, 0.15) is 66.7 Å². The standard InChI is InChI=1S/C45H39Cl2F3N4O8/c46-27-12-10-25(11-13-27)44-33(41(59)54(43(44)61)52-39-34(47)19-26(22-51-39)45(48,49)50)21-32-29(16-17-31-37(32)42(60)53(40(31)58)18-6-2-5-9-36(56)57)38(44)30-15-14-28(20-35(30)55)62-23-24-7-3-1-4-8-24/h1,3-4,7-8,10-16,19-20,22,31-33,37-38,55H,2,5-6,9,17-18,21,23H2,(H,51,52)(H,56,57). The number of aromatic nitrogens is 1. The molecule has 0 bridgehead atoms. The lowest BCUT2D eigenvalue weighted by atomic mass is 9.49. The predicted molar refractivity (Wildman–Crippen MR) is 219 cm³/mol. The Bertz CT molecular complexity index is 2490. The second-order valence-corrected chi connectivity index (χ2v) is 16.8. The number of hydrazine groups is 1. The molecular weight excluding hydrogens is 852 g/mol. The fraction of sp³-hybridized carbons (Fsp3) is 0.333. The first-order valence-electron chi connectivity index (χ1n) is 20.0. The van der Waals surface area contributed by atoms with Gasteiger partial charge < -0.3 is 14.9 Å². The number of halogens is 5. The molecule has 4 aromatic rings. The van der Waals surface area contributed by atoms with Crippen LogP contribution in [0.5, 0.6) is 11.5 Å². The number of carbonyl (C=O) groups excluding carboxylic acids is 4. The number of allylic oxidation sites excluding steroid dienone is 2. The Morgan fingerprint density at radius 3 is 2.34 bits per heavy atom. The molecular formula is C45H39Cl2F3N4O8. The van der Waals surface area contributed by atoms with E-state index in [2.05, 4.69) is 10.4 Å². The molecule has 4 amide bonds. The van der Waals surface area contributed by atoms with Gasteiger partial charge in [-0.25, -0.2) is 4.98 Å². The van der Waals surface area contributed by atoms with E-state index in [4.69, 9.17) is 33.0 Å². The second kappa shape index (κ2) is 16.7. The summed E-state index contributed by atoms with van der Waals surface area (Å²) in [6.07, 6.45) is -1.26. The molecule has 3 N–H and O–H groups in total. The number of nitrogens with one attached hydrogen (secondary N) is 1. The third-order valence-electron chi connectivity index (χ3n) is 12.5. The zero-order chi connectivity index (χ0) is 44.1. The number of likely N-dealkylation sites (tertiary alicyclic amines) is 1. The lowest BCUT2D eigenvalue weighted by Crippen LogP contribution is -2.53. The van der Waals surface area contributed by atoms with Crippen molar-refractivity contribution < 1.29 is 52.1 Å². The van der Waals surface area contributed by atoms with Gasteiger partial charge in [0.15, 0.2) is 5.82 Å². The molecule has 3 fully saturated rings. The van der Waals surface area contributed by atoms with Gasteiger partial charge in [0.05, 0.1) is 33.8 Å². The molecule has 2 saturated heterocycles. The minimum absolute atomic E-state index is 0.0482. The summed E-state index contributed by atoms with van der Waals surface area (Å²) in [6, 6.07) is 20.9. The Labute approximate surface area is 363 Å². The zero-order valence-corrected chi connectivity index (χ0v) is 34.3. The van der Waals surface area contributed by atoms with E-state index < -0.39 is 81.3 Å². The summed E-state index contributed by atoms with van der Waals surface area (Å²) in [7, 11) is 0. The van der Waals surface area contributed by atoms with Gasteiger partial charge >= 0.3 is 12.1 Å². The molecule has 6 atom stereocenters. The first-order valence-corrected chi connectivity index (χ1v) is 20.8.